The van der Waals surface area contributed by atoms with Gasteiger partial charge >= 0.3 is 0 Å². The Hall–Kier alpha value is -2.40. The van der Waals surface area contributed by atoms with Crippen LogP contribution in [0.15, 0.2) is 36.4 Å². The van der Waals surface area contributed by atoms with Crippen LogP contribution < -0.4 is 14.8 Å². The van der Waals surface area contributed by atoms with E-state index in [1.165, 1.54) is 25.3 Å². The molecular weight excluding hydrogens is 306 g/mol. The number of aromatic hydroxyl groups is 1. The maximum atomic E-state index is 12.3. The average molecular weight is 322 g/mol. The molecule has 0 heterocycles. The van der Waals surface area contributed by atoms with Gasteiger partial charge in [0.05, 0.1) is 19.4 Å². The maximum Gasteiger partial charge on any atom is 0.255 e. The van der Waals surface area contributed by atoms with E-state index in [2.05, 4.69) is 5.32 Å². The SMILES string of the molecule is CCOc1ccc(C(=O)Nc2cc(Cl)ccc2O)cc1OC. The molecule has 0 aromatic heterocycles. The van der Waals surface area contributed by atoms with Crippen molar-refractivity contribution in [2.75, 3.05) is 19.0 Å². The van der Waals surface area contributed by atoms with E-state index in [-0.39, 0.29) is 17.3 Å². The number of methoxy groups -OCH3 is 1. The minimum Gasteiger partial charge on any atom is -0.506 e. The summed E-state index contributed by atoms with van der Waals surface area (Å²) in [6, 6.07) is 9.27. The third-order valence-corrected chi connectivity index (χ3v) is 3.17. The van der Waals surface area contributed by atoms with Crippen LogP contribution in [0.1, 0.15) is 17.3 Å². The number of phenols is 1. The summed E-state index contributed by atoms with van der Waals surface area (Å²) < 4.78 is 10.6. The zero-order valence-electron chi connectivity index (χ0n) is 12.2. The number of anilines is 1. The van der Waals surface area contributed by atoms with Gasteiger partial charge < -0.3 is 19.9 Å². The number of amides is 1. The Morgan fingerprint density at radius 1 is 1.23 bits per heavy atom. The van der Waals surface area contributed by atoms with Crippen molar-refractivity contribution in [1.29, 1.82) is 0 Å². The highest BCUT2D eigenvalue weighted by Gasteiger charge is 2.13. The first-order valence-corrected chi connectivity index (χ1v) is 7.03. The topological polar surface area (TPSA) is 67.8 Å². The first kappa shape index (κ1) is 16.0. The molecule has 0 saturated heterocycles. The average Bonchev–Trinajstić information content (AvgIpc) is 2.51. The van der Waals surface area contributed by atoms with Gasteiger partial charge in [-0.2, -0.15) is 0 Å². The number of hydrogen-bond acceptors (Lipinski definition) is 4. The van der Waals surface area contributed by atoms with E-state index in [9.17, 15) is 9.90 Å². The monoisotopic (exact) mass is 321 g/mol. The van der Waals surface area contributed by atoms with Crippen LogP contribution in [0.2, 0.25) is 5.02 Å². The molecule has 0 aliphatic rings. The quantitative estimate of drug-likeness (QED) is 0.824. The molecule has 0 saturated carbocycles. The number of carbonyl (C=O) groups is 1. The first-order chi connectivity index (χ1) is 10.5. The van der Waals surface area contributed by atoms with E-state index >= 15 is 0 Å². The van der Waals surface area contributed by atoms with Gasteiger partial charge in [-0.3, -0.25) is 4.79 Å². The largest absolute Gasteiger partial charge is 0.506 e. The number of phenolic OH excluding ortho intramolecular Hbond substituents is 1. The standard InChI is InChI=1S/C16H16ClNO4/c1-3-22-14-7-4-10(8-15(14)21-2)16(20)18-12-9-11(17)5-6-13(12)19/h4-9,19H,3H2,1-2H3,(H,18,20). The van der Waals surface area contributed by atoms with Crippen molar-refractivity contribution in [2.45, 2.75) is 6.92 Å². The highest BCUT2D eigenvalue weighted by molar-refractivity contribution is 6.31. The van der Waals surface area contributed by atoms with Gasteiger partial charge in [-0.25, -0.2) is 0 Å². The van der Waals surface area contributed by atoms with Gasteiger partial charge in [0.2, 0.25) is 0 Å². The van der Waals surface area contributed by atoms with Crippen LogP contribution >= 0.6 is 11.6 Å². The zero-order chi connectivity index (χ0) is 16.1. The third kappa shape index (κ3) is 3.62. The molecule has 2 N–H and O–H groups in total. The molecule has 0 unspecified atom stereocenters. The molecule has 0 radical (unpaired) electrons. The maximum absolute atomic E-state index is 12.3. The second-order valence-electron chi connectivity index (χ2n) is 4.41. The van der Waals surface area contributed by atoms with E-state index in [1.54, 1.807) is 18.2 Å². The molecule has 6 heteroatoms. The molecule has 0 fully saturated rings. The van der Waals surface area contributed by atoms with Gasteiger partial charge in [0.15, 0.2) is 11.5 Å². The van der Waals surface area contributed by atoms with Gasteiger partial charge in [-0.15, -0.1) is 0 Å². The molecule has 0 aliphatic carbocycles. The second kappa shape index (κ2) is 7.04. The van der Waals surface area contributed by atoms with Crippen LogP contribution in [-0.2, 0) is 0 Å². The Labute approximate surface area is 133 Å². The van der Waals surface area contributed by atoms with Crippen LogP contribution in [0.25, 0.3) is 0 Å². The van der Waals surface area contributed by atoms with E-state index in [1.807, 2.05) is 6.92 Å². The second-order valence-corrected chi connectivity index (χ2v) is 4.85. The van der Waals surface area contributed by atoms with Crippen molar-refractivity contribution < 1.29 is 19.4 Å². The van der Waals surface area contributed by atoms with Crippen molar-refractivity contribution in [2.24, 2.45) is 0 Å². The Balaban J connectivity index is 2.24. The van der Waals surface area contributed by atoms with Gasteiger partial charge in [0, 0.05) is 10.6 Å². The molecule has 0 bridgehead atoms. The van der Waals surface area contributed by atoms with Crippen molar-refractivity contribution >= 4 is 23.2 Å². The molecule has 0 aliphatic heterocycles. The summed E-state index contributed by atoms with van der Waals surface area (Å²) in [4.78, 5) is 12.3. The predicted molar refractivity (Wildman–Crippen MR) is 85.2 cm³/mol. The lowest BCUT2D eigenvalue weighted by Crippen LogP contribution is -2.12. The van der Waals surface area contributed by atoms with Gasteiger partial charge in [0.25, 0.3) is 5.91 Å². The molecule has 116 valence electrons. The molecule has 2 aromatic carbocycles. The van der Waals surface area contributed by atoms with Gasteiger partial charge in [-0.1, -0.05) is 11.6 Å². The van der Waals surface area contributed by atoms with E-state index in [0.717, 1.165) is 0 Å². The highest BCUT2D eigenvalue weighted by Crippen LogP contribution is 2.30. The first-order valence-electron chi connectivity index (χ1n) is 6.66. The summed E-state index contributed by atoms with van der Waals surface area (Å²) in [6.07, 6.45) is 0. The molecule has 2 rings (SSSR count). The fraction of sp³-hybridized carbons (Fsp3) is 0.188. The Morgan fingerprint density at radius 3 is 2.68 bits per heavy atom. The van der Waals surface area contributed by atoms with Gasteiger partial charge in [0.1, 0.15) is 5.75 Å². The molecular formula is C16H16ClNO4. The van der Waals surface area contributed by atoms with E-state index in [4.69, 9.17) is 21.1 Å². The summed E-state index contributed by atoms with van der Waals surface area (Å²) >= 11 is 5.85. The van der Waals surface area contributed by atoms with Crippen molar-refractivity contribution in [3.63, 3.8) is 0 Å². The van der Waals surface area contributed by atoms with Crippen molar-refractivity contribution in [1.82, 2.24) is 0 Å². The number of nitrogens with one attached hydrogen (secondary N) is 1. The van der Waals surface area contributed by atoms with Gasteiger partial charge in [-0.05, 0) is 43.3 Å². The molecule has 22 heavy (non-hydrogen) atoms. The lowest BCUT2D eigenvalue weighted by Gasteiger charge is -2.12. The van der Waals surface area contributed by atoms with Crippen LogP contribution in [0.3, 0.4) is 0 Å². The van der Waals surface area contributed by atoms with Crippen LogP contribution in [0, 0.1) is 0 Å². The highest BCUT2D eigenvalue weighted by atomic mass is 35.5. The van der Waals surface area contributed by atoms with Crippen molar-refractivity contribution in [3.8, 4) is 17.2 Å². The number of rotatable bonds is 5. The normalized spacial score (nSPS) is 10.1. The molecule has 5 nitrogen and oxygen atoms in total. The molecule has 1 amide bonds. The third-order valence-electron chi connectivity index (χ3n) is 2.93. The Bertz CT molecular complexity index is 688. The molecule has 0 atom stereocenters. The molecule has 2 aromatic rings. The fourth-order valence-electron chi connectivity index (χ4n) is 1.89. The van der Waals surface area contributed by atoms with Crippen molar-refractivity contribution in [3.05, 3.63) is 47.0 Å². The van der Waals surface area contributed by atoms with E-state index in [0.29, 0.717) is 28.7 Å². The summed E-state index contributed by atoms with van der Waals surface area (Å²) in [5.41, 5.74) is 0.616. The smallest absolute Gasteiger partial charge is 0.255 e. The van der Waals surface area contributed by atoms with Crippen LogP contribution in [-0.4, -0.2) is 24.7 Å². The van der Waals surface area contributed by atoms with Crippen LogP contribution in [0.5, 0.6) is 17.2 Å². The number of hydrogen-bond donors (Lipinski definition) is 2. The lowest BCUT2D eigenvalue weighted by atomic mass is 10.1. The fourth-order valence-corrected chi connectivity index (χ4v) is 2.06. The van der Waals surface area contributed by atoms with Crippen LogP contribution in [0.4, 0.5) is 5.69 Å². The number of benzene rings is 2. The summed E-state index contributed by atoms with van der Waals surface area (Å²) in [5.74, 6) is 0.575. The molecule has 0 spiro atoms. The summed E-state index contributed by atoms with van der Waals surface area (Å²) in [7, 11) is 1.50. The lowest BCUT2D eigenvalue weighted by molar-refractivity contribution is 0.102. The summed E-state index contributed by atoms with van der Waals surface area (Å²) in [6.45, 7) is 2.36. The summed E-state index contributed by atoms with van der Waals surface area (Å²) in [5, 5.41) is 12.7. The minimum absolute atomic E-state index is 0.0596. The zero-order valence-corrected chi connectivity index (χ0v) is 13.0. The number of ether oxygens (including phenoxy) is 2. The number of carbonyl (C=O) groups excluding carboxylic acids is 1. The Morgan fingerprint density at radius 2 is 2.00 bits per heavy atom. The Kier molecular flexibility index (Phi) is 5.12. The number of halogens is 1. The van der Waals surface area contributed by atoms with E-state index < -0.39 is 0 Å². The predicted octanol–water partition coefficient (Wildman–Crippen LogP) is 3.71. The minimum atomic E-state index is -0.390.